The summed E-state index contributed by atoms with van der Waals surface area (Å²) in [6.45, 7) is 13.8. The molecule has 0 N–H and O–H groups in total. The minimum atomic E-state index is -0.677. The highest BCUT2D eigenvalue weighted by atomic mass is 32.1. The predicted molar refractivity (Wildman–Crippen MR) is 297 cm³/mol. The summed E-state index contributed by atoms with van der Waals surface area (Å²) in [5.74, 6) is 0. The van der Waals surface area contributed by atoms with Gasteiger partial charge in [0.15, 0.2) is 0 Å². The standard InChI is InChI=1S/C66H54N2S2/c1-63(2,3)45-37-33-43(34-38-45)59-41-53-61(69-59)66(51-27-15-19-31-57(51)68(48-23-11-8-12-24-48)58-32-20-16-28-52(58)66)54-42-60(44-35-39-46(40-36-44)64(4,5)6)70-62(54)65(53)49-25-13-17-29-55(49)67(47-21-9-7-10-22-47)56-30-18-14-26-50(56)65/h7-42H,1-6H3. The Morgan fingerprint density at radius 3 is 0.900 bits per heavy atom. The average molecular weight is 939 g/mol. The zero-order chi connectivity index (χ0) is 47.6. The van der Waals surface area contributed by atoms with Crippen molar-refractivity contribution in [2.24, 2.45) is 0 Å². The Balaban J connectivity index is 1.20. The molecule has 2 nitrogen and oxygen atoms in total. The topological polar surface area (TPSA) is 6.48 Å². The highest BCUT2D eigenvalue weighted by molar-refractivity contribution is 7.17. The number of fused-ring (bicyclic) bond motifs is 14. The molecule has 70 heavy (non-hydrogen) atoms. The quantitative estimate of drug-likeness (QED) is 0.173. The fourth-order valence-electron chi connectivity index (χ4n) is 12.0. The molecular formula is C66H54N2S2. The summed E-state index contributed by atoms with van der Waals surface area (Å²) in [4.78, 5) is 10.3. The molecule has 0 atom stereocenters. The third-order valence-corrected chi connectivity index (χ3v) is 17.9. The lowest BCUT2D eigenvalue weighted by molar-refractivity contribution is 0.590. The Bertz CT molecular complexity index is 3240. The summed E-state index contributed by atoms with van der Waals surface area (Å²) in [5, 5.41) is 0. The molecule has 0 unspecified atom stereocenters. The number of nitrogens with zero attached hydrogens (tertiary/aromatic N) is 2. The summed E-state index contributed by atoms with van der Waals surface area (Å²) >= 11 is 3.98. The molecule has 0 saturated carbocycles. The van der Waals surface area contributed by atoms with Crippen LogP contribution >= 0.6 is 22.7 Å². The van der Waals surface area contributed by atoms with Crippen molar-refractivity contribution < 1.29 is 0 Å². The third-order valence-electron chi connectivity index (χ3n) is 15.2. The summed E-state index contributed by atoms with van der Waals surface area (Å²) in [7, 11) is 0. The minimum absolute atomic E-state index is 0.0423. The van der Waals surface area contributed by atoms with Crippen LogP contribution in [-0.4, -0.2) is 0 Å². The Labute approximate surface area is 420 Å². The summed E-state index contributed by atoms with van der Waals surface area (Å²) < 4.78 is 0. The fourth-order valence-corrected chi connectivity index (χ4v) is 14.9. The SMILES string of the molecule is CC(C)(C)c1ccc(-c2cc3c(s2)C2(c4ccccc4N(c4ccccc4)c4ccccc42)c2cc(-c4ccc(C(C)(C)C)cc4)sc2C32c3ccccc3N(c3ccccc3)c3ccccc32)cc1. The monoisotopic (exact) mass is 938 g/mol. The van der Waals surface area contributed by atoms with Crippen LogP contribution in [-0.2, 0) is 21.7 Å². The molecule has 2 aromatic heterocycles. The second kappa shape index (κ2) is 15.6. The number of hydrogen-bond acceptors (Lipinski definition) is 4. The molecule has 2 spiro atoms. The predicted octanol–water partition coefficient (Wildman–Crippen LogP) is 18.4. The maximum atomic E-state index is 2.61. The zero-order valence-corrected chi connectivity index (χ0v) is 42.1. The highest BCUT2D eigenvalue weighted by Crippen LogP contribution is 2.71. The van der Waals surface area contributed by atoms with Gasteiger partial charge < -0.3 is 9.80 Å². The number of para-hydroxylation sites is 6. The lowest BCUT2D eigenvalue weighted by atomic mass is 9.53. The van der Waals surface area contributed by atoms with Crippen molar-refractivity contribution in [2.45, 2.75) is 63.2 Å². The van der Waals surface area contributed by atoms with E-state index in [-0.39, 0.29) is 10.8 Å². The minimum Gasteiger partial charge on any atom is -0.310 e. The van der Waals surface area contributed by atoms with Gasteiger partial charge in [0.2, 0.25) is 0 Å². The van der Waals surface area contributed by atoms with Crippen LogP contribution in [0.1, 0.15) is 95.8 Å². The van der Waals surface area contributed by atoms with Gasteiger partial charge >= 0.3 is 0 Å². The summed E-state index contributed by atoms with van der Waals surface area (Å²) in [6, 6.07) is 83.0. The molecular weight excluding hydrogens is 885 g/mol. The highest BCUT2D eigenvalue weighted by Gasteiger charge is 2.61. The molecule has 340 valence electrons. The van der Waals surface area contributed by atoms with Gasteiger partial charge in [-0.3, -0.25) is 0 Å². The largest absolute Gasteiger partial charge is 0.310 e. The van der Waals surface area contributed by atoms with Crippen LogP contribution in [0.5, 0.6) is 0 Å². The first kappa shape index (κ1) is 42.8. The summed E-state index contributed by atoms with van der Waals surface area (Å²) in [6.07, 6.45) is 0. The van der Waals surface area contributed by atoms with Gasteiger partial charge in [-0.25, -0.2) is 0 Å². The van der Waals surface area contributed by atoms with Crippen molar-refractivity contribution in [2.75, 3.05) is 9.80 Å². The van der Waals surface area contributed by atoms with Gasteiger partial charge in [-0.1, -0.05) is 199 Å². The molecule has 13 rings (SSSR count). The Hall–Kier alpha value is -7.24. The molecule has 8 aromatic carbocycles. The molecule has 0 bridgehead atoms. The molecule has 0 fully saturated rings. The van der Waals surface area contributed by atoms with E-state index in [0.29, 0.717) is 0 Å². The average Bonchev–Trinajstić information content (AvgIpc) is 4.05. The van der Waals surface area contributed by atoms with E-state index in [4.69, 9.17) is 0 Å². The van der Waals surface area contributed by atoms with Crippen LogP contribution in [0.3, 0.4) is 0 Å². The number of thiophene rings is 2. The van der Waals surface area contributed by atoms with Gasteiger partial charge in [-0.05, 0) is 127 Å². The lowest BCUT2D eigenvalue weighted by Gasteiger charge is -2.53. The van der Waals surface area contributed by atoms with E-state index in [2.05, 4.69) is 270 Å². The molecule has 0 saturated heterocycles. The van der Waals surface area contributed by atoms with Crippen LogP contribution in [0, 0.1) is 0 Å². The zero-order valence-electron chi connectivity index (χ0n) is 40.5. The Morgan fingerprint density at radius 2 is 0.600 bits per heavy atom. The van der Waals surface area contributed by atoms with E-state index < -0.39 is 10.8 Å². The lowest BCUT2D eigenvalue weighted by Crippen LogP contribution is -2.47. The van der Waals surface area contributed by atoms with E-state index >= 15 is 0 Å². The van der Waals surface area contributed by atoms with E-state index in [1.807, 2.05) is 22.7 Å². The number of benzene rings is 8. The van der Waals surface area contributed by atoms with Crippen LogP contribution in [0.25, 0.3) is 20.9 Å². The van der Waals surface area contributed by atoms with Crippen LogP contribution < -0.4 is 9.80 Å². The second-order valence-corrected chi connectivity index (χ2v) is 23.4. The smallest absolute Gasteiger partial charge is 0.0850 e. The van der Waals surface area contributed by atoms with E-state index in [0.717, 1.165) is 11.4 Å². The van der Waals surface area contributed by atoms with Crippen LogP contribution in [0.2, 0.25) is 0 Å². The second-order valence-electron chi connectivity index (χ2n) is 21.3. The molecule has 4 heteroatoms. The molecule has 0 amide bonds. The first-order valence-electron chi connectivity index (χ1n) is 24.6. The van der Waals surface area contributed by atoms with E-state index in [1.54, 1.807) is 0 Å². The first-order chi connectivity index (χ1) is 34.0. The molecule has 3 aliphatic rings. The maximum Gasteiger partial charge on any atom is 0.0850 e. The normalized spacial score (nSPS) is 14.9. The third kappa shape index (κ3) is 6.09. The van der Waals surface area contributed by atoms with Crippen molar-refractivity contribution in [1.82, 2.24) is 0 Å². The van der Waals surface area contributed by atoms with Gasteiger partial charge in [0.1, 0.15) is 0 Å². The van der Waals surface area contributed by atoms with E-state index in [9.17, 15) is 0 Å². The maximum absolute atomic E-state index is 2.61. The van der Waals surface area contributed by atoms with Gasteiger partial charge in [0, 0.05) is 30.9 Å². The number of rotatable bonds is 4. The van der Waals surface area contributed by atoms with E-state index in [1.165, 1.54) is 97.9 Å². The first-order valence-corrected chi connectivity index (χ1v) is 26.2. The Kier molecular flexibility index (Phi) is 9.57. The molecule has 0 radical (unpaired) electrons. The molecule has 10 aromatic rings. The summed E-state index contributed by atoms with van der Waals surface area (Å²) in [5.41, 5.74) is 18.9. The Morgan fingerprint density at radius 1 is 0.314 bits per heavy atom. The molecule has 2 aliphatic heterocycles. The van der Waals surface area contributed by atoms with Crippen molar-refractivity contribution in [3.05, 3.63) is 273 Å². The van der Waals surface area contributed by atoms with Gasteiger partial charge in [0.05, 0.1) is 33.6 Å². The van der Waals surface area contributed by atoms with Crippen molar-refractivity contribution in [1.29, 1.82) is 0 Å². The number of anilines is 6. The van der Waals surface area contributed by atoms with Crippen molar-refractivity contribution in [3.8, 4) is 20.9 Å². The van der Waals surface area contributed by atoms with Gasteiger partial charge in [-0.2, -0.15) is 0 Å². The van der Waals surface area contributed by atoms with Gasteiger partial charge in [0.25, 0.3) is 0 Å². The van der Waals surface area contributed by atoms with Crippen LogP contribution in [0.15, 0.2) is 218 Å². The van der Waals surface area contributed by atoms with Gasteiger partial charge in [-0.15, -0.1) is 22.7 Å². The van der Waals surface area contributed by atoms with Crippen LogP contribution in [0.4, 0.5) is 34.1 Å². The van der Waals surface area contributed by atoms with Crippen molar-refractivity contribution in [3.63, 3.8) is 0 Å². The fraction of sp³-hybridized carbons (Fsp3) is 0.152. The molecule has 1 aliphatic carbocycles. The van der Waals surface area contributed by atoms with Crippen molar-refractivity contribution >= 4 is 56.8 Å². The molecule has 4 heterocycles. The number of hydrogen-bond donors (Lipinski definition) is 0.